The maximum absolute atomic E-state index is 12.5. The van der Waals surface area contributed by atoms with Crippen LogP contribution in [0.25, 0.3) is 0 Å². The molecule has 0 saturated heterocycles. The largest absolute Gasteiger partial charge is 0.493 e. The topological polar surface area (TPSA) is 51.8 Å². The molecule has 0 atom stereocenters. The maximum Gasteiger partial charge on any atom is 0.387 e. The van der Waals surface area contributed by atoms with Crippen LogP contribution in [0.5, 0.6) is 17.2 Å². The summed E-state index contributed by atoms with van der Waals surface area (Å²) in [5.74, 6) is 1.14. The first-order chi connectivity index (χ1) is 11.9. The number of benzene rings is 2. The number of ether oxygens (including phenoxy) is 3. The third-order valence-electron chi connectivity index (χ3n) is 3.24. The van der Waals surface area contributed by atoms with E-state index in [0.717, 1.165) is 5.56 Å². The molecular weight excluding hydrogens is 350 g/mol. The lowest BCUT2D eigenvalue weighted by molar-refractivity contribution is -0.0493. The van der Waals surface area contributed by atoms with E-state index in [1.807, 2.05) is 0 Å². The van der Waals surface area contributed by atoms with Crippen LogP contribution in [-0.4, -0.2) is 25.9 Å². The van der Waals surface area contributed by atoms with Crippen LogP contribution < -0.4 is 24.8 Å². The summed E-state index contributed by atoms with van der Waals surface area (Å²) in [4.78, 5) is 0. The number of nitrogens with one attached hydrogen (secondary N) is 2. The fraction of sp³-hybridized carbons (Fsp3) is 0.235. The third kappa shape index (κ3) is 5.18. The van der Waals surface area contributed by atoms with E-state index in [4.69, 9.17) is 21.7 Å². The second-order valence-corrected chi connectivity index (χ2v) is 5.44. The Labute approximate surface area is 149 Å². The zero-order valence-electron chi connectivity index (χ0n) is 13.9. The summed E-state index contributed by atoms with van der Waals surface area (Å²) < 4.78 is 40.0. The third-order valence-corrected chi connectivity index (χ3v) is 3.45. The number of aryl methyl sites for hydroxylation is 1. The SMILES string of the molecule is COc1ccc(NC(=S)Nc2ccc(C)cc2OC(F)F)cc1OC. The van der Waals surface area contributed by atoms with E-state index in [2.05, 4.69) is 15.4 Å². The van der Waals surface area contributed by atoms with Gasteiger partial charge in [0.25, 0.3) is 0 Å². The average Bonchev–Trinajstić information content (AvgIpc) is 2.56. The lowest BCUT2D eigenvalue weighted by Gasteiger charge is -2.16. The number of methoxy groups -OCH3 is 2. The van der Waals surface area contributed by atoms with Gasteiger partial charge >= 0.3 is 6.61 Å². The average molecular weight is 368 g/mol. The fourth-order valence-corrected chi connectivity index (χ4v) is 2.35. The highest BCUT2D eigenvalue weighted by atomic mass is 32.1. The van der Waals surface area contributed by atoms with Crippen molar-refractivity contribution in [1.29, 1.82) is 0 Å². The lowest BCUT2D eigenvalue weighted by atomic mass is 10.2. The van der Waals surface area contributed by atoms with Gasteiger partial charge in [0, 0.05) is 11.8 Å². The van der Waals surface area contributed by atoms with Crippen LogP contribution in [0.3, 0.4) is 0 Å². The van der Waals surface area contributed by atoms with E-state index >= 15 is 0 Å². The molecule has 0 spiro atoms. The molecular formula is C17H18F2N2O3S. The summed E-state index contributed by atoms with van der Waals surface area (Å²) in [6.45, 7) is -1.14. The van der Waals surface area contributed by atoms with E-state index in [-0.39, 0.29) is 10.9 Å². The van der Waals surface area contributed by atoms with Crippen LogP contribution in [-0.2, 0) is 0 Å². The van der Waals surface area contributed by atoms with Gasteiger partial charge < -0.3 is 24.8 Å². The highest BCUT2D eigenvalue weighted by Crippen LogP contribution is 2.30. The first-order valence-corrected chi connectivity index (χ1v) is 7.69. The van der Waals surface area contributed by atoms with Crippen molar-refractivity contribution in [3.05, 3.63) is 42.0 Å². The van der Waals surface area contributed by atoms with Crippen molar-refractivity contribution in [3.63, 3.8) is 0 Å². The molecule has 0 fully saturated rings. The summed E-state index contributed by atoms with van der Waals surface area (Å²) in [6, 6.07) is 10.1. The van der Waals surface area contributed by atoms with Gasteiger partial charge in [-0.2, -0.15) is 8.78 Å². The molecule has 2 N–H and O–H groups in total. The standard InChI is InChI=1S/C17H18F2N2O3S/c1-10-4-6-12(14(8-10)24-16(18)19)21-17(25)20-11-5-7-13(22-2)15(9-11)23-3/h4-9,16H,1-3H3,(H2,20,21,25). The van der Waals surface area contributed by atoms with Crippen molar-refractivity contribution < 1.29 is 23.0 Å². The lowest BCUT2D eigenvalue weighted by Crippen LogP contribution is -2.20. The normalized spacial score (nSPS) is 10.3. The second kappa shape index (κ2) is 8.48. The maximum atomic E-state index is 12.5. The summed E-state index contributed by atoms with van der Waals surface area (Å²) in [5, 5.41) is 6.02. The Morgan fingerprint density at radius 2 is 1.68 bits per heavy atom. The molecule has 0 unspecified atom stereocenters. The summed E-state index contributed by atoms with van der Waals surface area (Å²) in [7, 11) is 3.07. The van der Waals surface area contributed by atoms with Crippen LogP contribution in [0.15, 0.2) is 36.4 Å². The van der Waals surface area contributed by atoms with Gasteiger partial charge in [0.15, 0.2) is 16.6 Å². The second-order valence-electron chi connectivity index (χ2n) is 5.03. The van der Waals surface area contributed by atoms with Gasteiger partial charge in [0.2, 0.25) is 0 Å². The van der Waals surface area contributed by atoms with Gasteiger partial charge in [-0.05, 0) is 49.0 Å². The molecule has 0 heterocycles. The van der Waals surface area contributed by atoms with Crippen molar-refractivity contribution >= 4 is 28.7 Å². The first kappa shape index (κ1) is 18.7. The molecule has 5 nitrogen and oxygen atoms in total. The molecule has 2 aromatic carbocycles. The Balaban J connectivity index is 2.13. The van der Waals surface area contributed by atoms with E-state index in [0.29, 0.717) is 22.9 Å². The molecule has 134 valence electrons. The van der Waals surface area contributed by atoms with Crippen molar-refractivity contribution in [2.24, 2.45) is 0 Å². The zero-order chi connectivity index (χ0) is 18.4. The number of rotatable bonds is 6. The first-order valence-electron chi connectivity index (χ1n) is 7.28. The van der Waals surface area contributed by atoms with Crippen LogP contribution in [0.4, 0.5) is 20.2 Å². The van der Waals surface area contributed by atoms with Crippen LogP contribution in [0.2, 0.25) is 0 Å². The molecule has 25 heavy (non-hydrogen) atoms. The molecule has 0 amide bonds. The molecule has 0 aliphatic heterocycles. The Bertz CT molecular complexity index is 757. The molecule has 0 aromatic heterocycles. The Morgan fingerprint density at radius 1 is 0.960 bits per heavy atom. The van der Waals surface area contributed by atoms with Crippen LogP contribution >= 0.6 is 12.2 Å². The van der Waals surface area contributed by atoms with E-state index in [1.54, 1.807) is 44.4 Å². The van der Waals surface area contributed by atoms with Crippen LogP contribution in [0, 0.1) is 6.92 Å². The van der Waals surface area contributed by atoms with Gasteiger partial charge in [0.1, 0.15) is 5.75 Å². The number of anilines is 2. The molecule has 0 radical (unpaired) electrons. The van der Waals surface area contributed by atoms with Crippen molar-refractivity contribution in [2.75, 3.05) is 24.9 Å². The summed E-state index contributed by atoms with van der Waals surface area (Å²) >= 11 is 5.23. The Morgan fingerprint density at radius 3 is 2.32 bits per heavy atom. The number of halogens is 2. The zero-order valence-corrected chi connectivity index (χ0v) is 14.7. The molecule has 0 saturated carbocycles. The van der Waals surface area contributed by atoms with Crippen molar-refractivity contribution in [3.8, 4) is 17.2 Å². The fourth-order valence-electron chi connectivity index (χ4n) is 2.12. The number of thiocarbonyl (C=S) groups is 1. The van der Waals surface area contributed by atoms with Gasteiger partial charge in [-0.1, -0.05) is 6.07 Å². The number of hydrogen-bond donors (Lipinski definition) is 2. The number of hydrogen-bond acceptors (Lipinski definition) is 4. The predicted octanol–water partition coefficient (Wildman–Crippen LogP) is 4.42. The minimum Gasteiger partial charge on any atom is -0.493 e. The van der Waals surface area contributed by atoms with Gasteiger partial charge in [-0.3, -0.25) is 0 Å². The minimum absolute atomic E-state index is 0.0199. The Kier molecular flexibility index (Phi) is 6.35. The highest BCUT2D eigenvalue weighted by molar-refractivity contribution is 7.80. The van der Waals surface area contributed by atoms with Crippen LogP contribution in [0.1, 0.15) is 5.56 Å². The molecule has 0 aliphatic carbocycles. The summed E-state index contributed by atoms with van der Waals surface area (Å²) in [6.07, 6.45) is 0. The van der Waals surface area contributed by atoms with E-state index in [9.17, 15) is 8.78 Å². The van der Waals surface area contributed by atoms with Gasteiger partial charge in [-0.15, -0.1) is 0 Å². The van der Waals surface area contributed by atoms with Gasteiger partial charge in [0.05, 0.1) is 19.9 Å². The summed E-state index contributed by atoms with van der Waals surface area (Å²) in [5.41, 5.74) is 1.78. The Hall–Kier alpha value is -2.61. The molecule has 8 heteroatoms. The predicted molar refractivity (Wildman–Crippen MR) is 97.2 cm³/mol. The molecule has 2 aromatic rings. The molecule has 2 rings (SSSR count). The van der Waals surface area contributed by atoms with E-state index in [1.165, 1.54) is 13.2 Å². The molecule has 0 bridgehead atoms. The van der Waals surface area contributed by atoms with Gasteiger partial charge in [-0.25, -0.2) is 0 Å². The van der Waals surface area contributed by atoms with Crippen molar-refractivity contribution in [2.45, 2.75) is 13.5 Å². The highest BCUT2D eigenvalue weighted by Gasteiger charge is 2.12. The number of alkyl halides is 2. The minimum atomic E-state index is -2.92. The smallest absolute Gasteiger partial charge is 0.387 e. The monoisotopic (exact) mass is 368 g/mol. The van der Waals surface area contributed by atoms with E-state index < -0.39 is 6.61 Å². The van der Waals surface area contributed by atoms with Crippen molar-refractivity contribution in [1.82, 2.24) is 0 Å². The molecule has 0 aliphatic rings. The quantitative estimate of drug-likeness (QED) is 0.736.